The molecule has 0 atom stereocenters. The fourth-order valence-corrected chi connectivity index (χ4v) is 4.56. The minimum Gasteiger partial charge on any atom is -0.307 e. The molecule has 0 fully saturated rings. The van der Waals surface area contributed by atoms with Gasteiger partial charge in [0.05, 0.1) is 16.4 Å². The van der Waals surface area contributed by atoms with E-state index < -0.39 is 0 Å². The molecule has 0 unspecified atom stereocenters. The summed E-state index contributed by atoms with van der Waals surface area (Å²) in [5.74, 6) is 1.74. The summed E-state index contributed by atoms with van der Waals surface area (Å²) in [6.07, 6.45) is 0. The Morgan fingerprint density at radius 1 is 0.935 bits per heavy atom. The molecule has 3 heterocycles. The molecule has 0 radical (unpaired) electrons. The summed E-state index contributed by atoms with van der Waals surface area (Å²) in [5, 5.41) is 10.9. The molecule has 5 aromatic rings. The van der Waals surface area contributed by atoms with E-state index in [9.17, 15) is 0 Å². The third-order valence-corrected chi connectivity index (χ3v) is 6.08. The lowest BCUT2D eigenvalue weighted by Gasteiger charge is -2.07. The smallest absolute Gasteiger partial charge is 0.249 e. The van der Waals surface area contributed by atoms with Crippen molar-refractivity contribution in [3.05, 3.63) is 75.3 Å². The van der Waals surface area contributed by atoms with E-state index in [1.54, 1.807) is 16.6 Å². The molecule has 9 heteroatoms. The first-order valence-corrected chi connectivity index (χ1v) is 11.1. The molecule has 0 aliphatic rings. The molecule has 0 bridgehead atoms. The number of anilines is 2. The molecule has 0 saturated heterocycles. The predicted octanol–water partition coefficient (Wildman–Crippen LogP) is 6.58. The maximum atomic E-state index is 6.39. The van der Waals surface area contributed by atoms with Gasteiger partial charge in [-0.1, -0.05) is 53.0 Å². The summed E-state index contributed by atoms with van der Waals surface area (Å²) in [6, 6.07) is 15.5. The fourth-order valence-electron chi connectivity index (χ4n) is 3.24. The lowest BCUT2D eigenvalue weighted by Crippen LogP contribution is -2.00. The van der Waals surface area contributed by atoms with Crippen molar-refractivity contribution in [3.8, 4) is 22.5 Å². The van der Waals surface area contributed by atoms with Crippen LogP contribution in [0.15, 0.2) is 53.9 Å². The van der Waals surface area contributed by atoms with Gasteiger partial charge in [-0.05, 0) is 32.0 Å². The summed E-state index contributed by atoms with van der Waals surface area (Å²) < 4.78 is 1.76. The van der Waals surface area contributed by atoms with Crippen LogP contribution in [-0.2, 0) is 0 Å². The molecular weight excluding hydrogens is 451 g/mol. The highest BCUT2D eigenvalue weighted by Gasteiger charge is 2.15. The van der Waals surface area contributed by atoms with Crippen molar-refractivity contribution in [2.24, 2.45) is 0 Å². The molecule has 0 amide bonds. The molecule has 31 heavy (non-hydrogen) atoms. The first kappa shape index (κ1) is 19.9. The van der Waals surface area contributed by atoms with Crippen molar-refractivity contribution in [2.45, 2.75) is 13.8 Å². The number of nitrogens with one attached hydrogen (secondary N) is 1. The zero-order valence-corrected chi connectivity index (χ0v) is 18.9. The maximum Gasteiger partial charge on any atom is 0.249 e. The van der Waals surface area contributed by atoms with E-state index in [0.29, 0.717) is 27.6 Å². The van der Waals surface area contributed by atoms with Crippen LogP contribution in [0.25, 0.3) is 27.5 Å². The Labute approximate surface area is 192 Å². The minimum absolute atomic E-state index is 0.450. The van der Waals surface area contributed by atoms with E-state index in [2.05, 4.69) is 44.4 Å². The molecule has 1 N–H and O–H groups in total. The molecule has 0 aliphatic heterocycles. The molecule has 5 rings (SSSR count). The van der Waals surface area contributed by atoms with Crippen molar-refractivity contribution in [2.75, 3.05) is 5.32 Å². The number of rotatable bonds is 4. The van der Waals surface area contributed by atoms with Gasteiger partial charge in [0.25, 0.3) is 0 Å². The van der Waals surface area contributed by atoms with E-state index >= 15 is 0 Å². The summed E-state index contributed by atoms with van der Waals surface area (Å²) in [4.78, 5) is 14.4. The highest BCUT2D eigenvalue weighted by atomic mass is 35.5. The number of hydrogen-bond donors (Lipinski definition) is 1. The lowest BCUT2D eigenvalue weighted by molar-refractivity contribution is 0.983. The summed E-state index contributed by atoms with van der Waals surface area (Å²) in [5.41, 5.74) is 4.75. The first-order valence-electron chi connectivity index (χ1n) is 9.46. The number of hydrogen-bond acceptors (Lipinski definition) is 6. The van der Waals surface area contributed by atoms with Crippen molar-refractivity contribution in [3.63, 3.8) is 0 Å². The summed E-state index contributed by atoms with van der Waals surface area (Å²) in [7, 11) is 0. The highest BCUT2D eigenvalue weighted by molar-refractivity contribution is 7.15. The van der Waals surface area contributed by atoms with Crippen LogP contribution >= 0.6 is 34.5 Å². The molecule has 6 nitrogen and oxygen atoms in total. The zero-order chi connectivity index (χ0) is 21.5. The molecule has 2 aromatic carbocycles. The van der Waals surface area contributed by atoms with Crippen LogP contribution in [0.4, 0.5) is 11.8 Å². The topological polar surface area (TPSA) is 68.0 Å². The second-order valence-electron chi connectivity index (χ2n) is 7.05. The Balaban J connectivity index is 1.49. The van der Waals surface area contributed by atoms with Crippen LogP contribution in [0.2, 0.25) is 10.0 Å². The molecule has 0 saturated carbocycles. The number of nitrogens with zero attached hydrogens (tertiary/aromatic N) is 5. The predicted molar refractivity (Wildman–Crippen MR) is 127 cm³/mol. The average Bonchev–Trinajstić information content (AvgIpc) is 3.29. The molecule has 0 aliphatic carbocycles. The fraction of sp³-hybridized carbons (Fsp3) is 0.0909. The highest BCUT2D eigenvalue weighted by Crippen LogP contribution is 2.33. The molecule has 3 aromatic heterocycles. The van der Waals surface area contributed by atoms with Gasteiger partial charge in [0.1, 0.15) is 11.6 Å². The lowest BCUT2D eigenvalue weighted by atomic mass is 10.1. The second kappa shape index (κ2) is 7.92. The van der Waals surface area contributed by atoms with Crippen LogP contribution < -0.4 is 5.32 Å². The van der Waals surface area contributed by atoms with Crippen LogP contribution in [0.1, 0.15) is 11.4 Å². The van der Waals surface area contributed by atoms with Gasteiger partial charge >= 0.3 is 0 Å². The largest absolute Gasteiger partial charge is 0.307 e. The Kier molecular flexibility index (Phi) is 5.09. The Morgan fingerprint density at radius 3 is 2.52 bits per heavy atom. The van der Waals surface area contributed by atoms with E-state index in [1.165, 1.54) is 16.9 Å². The zero-order valence-electron chi connectivity index (χ0n) is 16.6. The van der Waals surface area contributed by atoms with Gasteiger partial charge < -0.3 is 5.32 Å². The van der Waals surface area contributed by atoms with Crippen molar-refractivity contribution in [1.82, 2.24) is 24.6 Å². The number of aromatic nitrogens is 5. The van der Waals surface area contributed by atoms with Gasteiger partial charge in [-0.15, -0.1) is 16.4 Å². The Bertz CT molecular complexity index is 1410. The minimum atomic E-state index is 0.450. The number of aryl methyl sites for hydroxylation is 2. The van der Waals surface area contributed by atoms with Crippen molar-refractivity contribution >= 4 is 51.3 Å². The van der Waals surface area contributed by atoms with Crippen molar-refractivity contribution in [1.29, 1.82) is 0 Å². The monoisotopic (exact) mass is 466 g/mol. The third kappa shape index (κ3) is 3.99. The van der Waals surface area contributed by atoms with Crippen LogP contribution in [0.3, 0.4) is 0 Å². The molecule has 154 valence electrons. The van der Waals surface area contributed by atoms with Gasteiger partial charge in [0.15, 0.2) is 0 Å². The average molecular weight is 467 g/mol. The standard InChI is InChI=1S/C22H16Cl2N6S/c1-12-3-5-14(6-4-12)18-10-20(26-13(2)25-18)27-21-28-22-30(29-21)19(11-31-22)16-8-7-15(23)9-17(16)24/h3-11H,1-2H3,(H,25,26,27,29). The van der Waals surface area contributed by atoms with Gasteiger partial charge in [-0.3, -0.25) is 0 Å². The number of fused-ring (bicyclic) bond motifs is 1. The summed E-state index contributed by atoms with van der Waals surface area (Å²) in [6.45, 7) is 3.92. The Morgan fingerprint density at radius 2 is 1.74 bits per heavy atom. The van der Waals surface area contributed by atoms with Crippen LogP contribution in [0.5, 0.6) is 0 Å². The normalized spacial score (nSPS) is 11.2. The van der Waals surface area contributed by atoms with Crippen LogP contribution in [-0.4, -0.2) is 24.6 Å². The Hall–Kier alpha value is -3.00. The SMILES string of the molecule is Cc1ccc(-c2cc(Nc3nc4scc(-c5ccc(Cl)cc5Cl)n4n3)nc(C)n2)cc1. The van der Waals surface area contributed by atoms with E-state index in [0.717, 1.165) is 27.5 Å². The molecule has 0 spiro atoms. The molecular formula is C22H16Cl2N6S. The van der Waals surface area contributed by atoms with E-state index in [4.69, 9.17) is 23.2 Å². The maximum absolute atomic E-state index is 6.39. The number of benzene rings is 2. The number of halogens is 2. The van der Waals surface area contributed by atoms with Crippen LogP contribution in [0, 0.1) is 13.8 Å². The van der Waals surface area contributed by atoms with E-state index in [1.807, 2.05) is 36.6 Å². The van der Waals surface area contributed by atoms with Crippen molar-refractivity contribution < 1.29 is 0 Å². The number of thiazole rings is 1. The second-order valence-corrected chi connectivity index (χ2v) is 8.73. The van der Waals surface area contributed by atoms with Gasteiger partial charge in [0.2, 0.25) is 10.9 Å². The van der Waals surface area contributed by atoms with Gasteiger partial charge in [-0.25, -0.2) is 14.5 Å². The first-order chi connectivity index (χ1) is 15.0. The summed E-state index contributed by atoms with van der Waals surface area (Å²) >= 11 is 13.9. The van der Waals surface area contributed by atoms with Gasteiger partial charge in [0, 0.05) is 27.6 Å². The van der Waals surface area contributed by atoms with E-state index in [-0.39, 0.29) is 0 Å². The van der Waals surface area contributed by atoms with Gasteiger partial charge in [-0.2, -0.15) is 4.98 Å². The third-order valence-electron chi connectivity index (χ3n) is 4.71. The quantitative estimate of drug-likeness (QED) is 0.323.